The number of halogens is 3. The molecule has 1 fully saturated rings. The summed E-state index contributed by atoms with van der Waals surface area (Å²) < 4.78 is 99.0. The number of esters is 1. The molecule has 1 saturated heterocycles. The van der Waals surface area contributed by atoms with E-state index < -0.39 is 114 Å². The van der Waals surface area contributed by atoms with E-state index in [1.54, 1.807) is 0 Å². The first kappa shape index (κ1) is 48.8. The van der Waals surface area contributed by atoms with Crippen LogP contribution in [0.5, 0.6) is 0 Å². The van der Waals surface area contributed by atoms with Gasteiger partial charge in [0.25, 0.3) is 0 Å². The normalized spacial score (nSPS) is 20.4. The molecule has 5 rings (SSSR count). The summed E-state index contributed by atoms with van der Waals surface area (Å²) in [5.41, 5.74) is 9.81. The molecule has 63 heavy (non-hydrogen) atoms. The maximum Gasteiger partial charge on any atom is 0.472 e. The molecule has 24 nitrogen and oxygen atoms in total. The second-order valence-corrected chi connectivity index (χ2v) is 16.3. The number of phosphoric ester groups is 2. The predicted molar refractivity (Wildman–Crippen MR) is 208 cm³/mol. The number of anilines is 2. The molecule has 4 aromatic rings. The number of allylic oxidation sites excluding steroid dienone is 1. The Bertz CT molecular complexity index is 2400. The number of aliphatic hydroxyl groups excluding tert-OH is 1. The third-order valence-corrected chi connectivity index (χ3v) is 10.7. The van der Waals surface area contributed by atoms with Crippen molar-refractivity contribution in [1.29, 1.82) is 0 Å². The topological polar surface area (TPSA) is 347 Å². The van der Waals surface area contributed by atoms with E-state index in [4.69, 9.17) is 34.7 Å². The number of hydrogen-bond donors (Lipinski definition) is 7. The lowest BCUT2D eigenvalue weighted by Crippen LogP contribution is -2.47. The molecule has 9 N–H and O–H groups in total. The van der Waals surface area contributed by atoms with Crippen LogP contribution in [0.1, 0.15) is 30.2 Å². The van der Waals surface area contributed by atoms with Crippen molar-refractivity contribution in [2.75, 3.05) is 31.8 Å². The fourth-order valence-corrected chi connectivity index (χ4v) is 7.40. The fraction of sp³-hybridized carbons (Fsp3) is 0.441. The minimum atomic E-state index is -5.40. The number of rotatable bonds is 21. The van der Waals surface area contributed by atoms with Crippen molar-refractivity contribution in [2.45, 2.75) is 74.8 Å². The molecule has 0 spiro atoms. The van der Waals surface area contributed by atoms with E-state index >= 15 is 0 Å². The molecule has 4 heterocycles. The van der Waals surface area contributed by atoms with E-state index in [0.29, 0.717) is 0 Å². The number of aliphatic hydroxyl groups is 1. The first-order valence-electron chi connectivity index (χ1n) is 18.3. The van der Waals surface area contributed by atoms with Gasteiger partial charge in [0, 0.05) is 26.1 Å². The second-order valence-electron chi connectivity index (χ2n) is 13.6. The number of carbonyl (C=O) groups excluding carboxylic acids is 2. The molecular weight excluding hydrogens is 893 g/mol. The highest BCUT2D eigenvalue weighted by Crippen LogP contribution is 2.47. The van der Waals surface area contributed by atoms with E-state index in [0.717, 1.165) is 54.8 Å². The Labute approximate surface area is 353 Å². The van der Waals surface area contributed by atoms with Gasteiger partial charge in [-0.2, -0.15) is 18.2 Å². The van der Waals surface area contributed by atoms with E-state index in [1.165, 1.54) is 16.7 Å². The number of nitrogens with zero attached hydrogens (tertiary/aromatic N) is 6. The van der Waals surface area contributed by atoms with Crippen molar-refractivity contribution < 1.29 is 79.5 Å². The lowest BCUT2D eigenvalue weighted by Gasteiger charge is -2.28. The standard InChI is InChI=1S/C34H42F3N9O15P2/c1-3-4-5-25(47)43-20(12-18-6-8-19(9-7-18)34(35,36)37)32(49)60-28-23(59-31(27(28)48)46-17-42-26-29(39)40-16-41-30(26)46)15-58-63(54,55)61-21(22(56-2)14-57-62(51,52)53)13-45-11-10-24(38)44-33(45)50/h3,6-11,16-17,20-23,27-28,31,48H,1,4-5,12-15H2,2H3,(H,43,47)(H,54,55)(H2,38,44,50)(H2,39,40,41)(H2,51,52,53)/t20-,21-,22+,23+,27+,28+,31+/m0/s1. The molecule has 0 saturated carbocycles. The quantitative estimate of drug-likeness (QED) is 0.0344. The number of ether oxygens (including phenoxy) is 3. The number of nitrogens with one attached hydrogen (secondary N) is 1. The van der Waals surface area contributed by atoms with Crippen LogP contribution in [0.25, 0.3) is 11.2 Å². The third kappa shape index (κ3) is 13.2. The molecule has 1 aromatic carbocycles. The number of carbonyl (C=O) groups is 2. The molecule has 1 unspecified atom stereocenters. The number of nitrogen functional groups attached to an aromatic ring is 2. The Morgan fingerprint density at radius 3 is 2.43 bits per heavy atom. The summed E-state index contributed by atoms with van der Waals surface area (Å²) in [6, 6.07) is 3.37. The van der Waals surface area contributed by atoms with Crippen molar-refractivity contribution in [3.05, 3.63) is 83.4 Å². The van der Waals surface area contributed by atoms with Gasteiger partial charge >= 0.3 is 33.5 Å². The van der Waals surface area contributed by atoms with Gasteiger partial charge in [-0.05, 0) is 30.2 Å². The third-order valence-electron chi connectivity index (χ3n) is 9.21. The number of nitrogens with two attached hydrogens (primary N) is 2. The van der Waals surface area contributed by atoms with Gasteiger partial charge in [0.2, 0.25) is 5.91 Å². The Morgan fingerprint density at radius 1 is 1.08 bits per heavy atom. The Morgan fingerprint density at radius 2 is 1.79 bits per heavy atom. The average Bonchev–Trinajstić information content (AvgIpc) is 3.77. The highest BCUT2D eigenvalue weighted by atomic mass is 31.2. The summed E-state index contributed by atoms with van der Waals surface area (Å²) >= 11 is 0. The SMILES string of the molecule is C=CCCC(=O)N[C@@H](Cc1ccc(C(F)(F)F)cc1)C(=O)O[C@H]1[C@@H](O)[C@H](n2cnc3c(N)ncnc32)O[C@@H]1COP(=O)(O)O[C@@H](Cn1ccc(N)nc1=O)[C@@H](COP(=O)(O)O)OC. The molecule has 1 aliphatic rings. The number of aromatic nitrogens is 6. The van der Waals surface area contributed by atoms with Crippen LogP contribution in [0.2, 0.25) is 0 Å². The maximum atomic E-state index is 13.9. The number of alkyl halides is 3. The van der Waals surface area contributed by atoms with Crippen LogP contribution in [0, 0.1) is 0 Å². The molecule has 0 bridgehead atoms. The van der Waals surface area contributed by atoms with Gasteiger partial charge in [0.15, 0.2) is 23.8 Å². The van der Waals surface area contributed by atoms with Crippen LogP contribution >= 0.6 is 15.6 Å². The van der Waals surface area contributed by atoms with Crippen molar-refractivity contribution in [3.63, 3.8) is 0 Å². The van der Waals surface area contributed by atoms with Crippen LogP contribution in [-0.2, 0) is 65.6 Å². The summed E-state index contributed by atoms with van der Waals surface area (Å²) in [7, 11) is -9.50. The van der Waals surface area contributed by atoms with Crippen LogP contribution in [0.15, 0.2) is 66.6 Å². The number of imidazole rings is 1. The van der Waals surface area contributed by atoms with Gasteiger partial charge in [-0.15, -0.1) is 6.58 Å². The van der Waals surface area contributed by atoms with E-state index in [9.17, 15) is 56.5 Å². The highest BCUT2D eigenvalue weighted by Gasteiger charge is 2.50. The lowest BCUT2D eigenvalue weighted by molar-refractivity contribution is -0.160. The van der Waals surface area contributed by atoms with Gasteiger partial charge in [-0.25, -0.2) is 33.7 Å². The molecule has 1 aliphatic heterocycles. The molecule has 0 aliphatic carbocycles. The molecule has 3 aromatic heterocycles. The lowest BCUT2D eigenvalue weighted by atomic mass is 10.0. The largest absolute Gasteiger partial charge is 0.472 e. The number of benzene rings is 1. The van der Waals surface area contributed by atoms with Crippen LogP contribution in [0.4, 0.5) is 24.8 Å². The molecule has 344 valence electrons. The van der Waals surface area contributed by atoms with Gasteiger partial charge in [0.1, 0.15) is 48.1 Å². The summed E-state index contributed by atoms with van der Waals surface area (Å²) in [5.74, 6) is -2.12. The monoisotopic (exact) mass is 935 g/mol. The molecule has 29 heteroatoms. The number of methoxy groups -OCH3 is 1. The maximum absolute atomic E-state index is 13.9. The van der Waals surface area contributed by atoms with Gasteiger partial charge in [0.05, 0.1) is 31.6 Å². The first-order valence-corrected chi connectivity index (χ1v) is 21.4. The van der Waals surface area contributed by atoms with E-state index in [-0.39, 0.29) is 41.2 Å². The zero-order valence-corrected chi connectivity index (χ0v) is 34.6. The smallest absolute Gasteiger partial charge is 0.455 e. The van der Waals surface area contributed by atoms with Crippen molar-refractivity contribution in [1.82, 2.24) is 34.4 Å². The zero-order chi connectivity index (χ0) is 46.3. The van der Waals surface area contributed by atoms with Crippen LogP contribution < -0.4 is 22.5 Å². The van der Waals surface area contributed by atoms with Crippen LogP contribution in [0.3, 0.4) is 0 Å². The number of fused-ring (bicyclic) bond motifs is 1. The average molecular weight is 936 g/mol. The molecule has 8 atom stereocenters. The fourth-order valence-electron chi connectivity index (χ4n) is 6.12. The summed E-state index contributed by atoms with van der Waals surface area (Å²) in [6.45, 7) is 0.926. The Hall–Kier alpha value is -5.18. The summed E-state index contributed by atoms with van der Waals surface area (Å²) in [4.78, 5) is 84.5. The van der Waals surface area contributed by atoms with Gasteiger partial charge < -0.3 is 50.8 Å². The minimum absolute atomic E-state index is 0.0300. The Balaban J connectivity index is 1.43. The van der Waals surface area contributed by atoms with Crippen molar-refractivity contribution in [3.8, 4) is 0 Å². The minimum Gasteiger partial charge on any atom is -0.455 e. The molecular formula is C34H42F3N9O15P2. The number of amides is 1. The van der Waals surface area contributed by atoms with Crippen molar-refractivity contribution in [2.24, 2.45) is 0 Å². The predicted octanol–water partition coefficient (Wildman–Crippen LogP) is 0.757. The number of hydrogen-bond acceptors (Lipinski definition) is 18. The van der Waals surface area contributed by atoms with Crippen LogP contribution in [-0.4, -0.2) is 118 Å². The van der Waals surface area contributed by atoms with Crippen molar-refractivity contribution >= 4 is 50.3 Å². The number of phosphoric acid groups is 2. The van der Waals surface area contributed by atoms with Gasteiger partial charge in [-0.1, -0.05) is 18.2 Å². The van der Waals surface area contributed by atoms with Gasteiger partial charge in [-0.3, -0.25) is 27.5 Å². The molecule has 1 amide bonds. The summed E-state index contributed by atoms with van der Waals surface area (Å²) in [5, 5.41) is 14.1. The first-order chi connectivity index (χ1) is 29.6. The van der Waals surface area contributed by atoms with E-state index in [1.807, 2.05) is 0 Å². The zero-order valence-electron chi connectivity index (χ0n) is 32.8. The second kappa shape index (κ2) is 20.5. The Kier molecular flexibility index (Phi) is 15.9. The summed E-state index contributed by atoms with van der Waals surface area (Å²) in [6.07, 6.45) is -10.4. The van der Waals surface area contributed by atoms with E-state index in [2.05, 4.69) is 36.4 Å². The molecule has 0 radical (unpaired) electrons. The highest BCUT2D eigenvalue weighted by molar-refractivity contribution is 7.47.